The van der Waals surface area contributed by atoms with Crippen molar-refractivity contribution in [2.75, 3.05) is 29.9 Å². The second-order valence-electron chi connectivity index (χ2n) is 8.34. The molecule has 3 aromatic carbocycles. The molecule has 6 nitrogen and oxygen atoms in total. The van der Waals surface area contributed by atoms with Crippen molar-refractivity contribution in [1.29, 1.82) is 0 Å². The van der Waals surface area contributed by atoms with Gasteiger partial charge in [-0.25, -0.2) is 4.79 Å². The molecule has 0 aromatic heterocycles. The molecule has 6 heteroatoms. The van der Waals surface area contributed by atoms with E-state index in [0.717, 1.165) is 41.2 Å². The highest BCUT2D eigenvalue weighted by Crippen LogP contribution is 2.56. The average Bonchev–Trinajstić information content (AvgIpc) is 3.12. The number of esters is 1. The number of ketones is 1. The number of benzene rings is 3. The minimum atomic E-state index is -1.12. The maximum Gasteiger partial charge on any atom is 0.340 e. The maximum absolute atomic E-state index is 13.0. The lowest BCUT2D eigenvalue weighted by Gasteiger charge is -2.37. The number of nitrogens with zero attached hydrogens (tertiary/aromatic N) is 1. The fourth-order valence-corrected chi connectivity index (χ4v) is 4.78. The summed E-state index contributed by atoms with van der Waals surface area (Å²) in [5.74, 6) is 0.961. The number of hydrogen-bond donors (Lipinski definition) is 1. The Balaban J connectivity index is 1.73. The summed E-state index contributed by atoms with van der Waals surface area (Å²) in [7, 11) is 0. The van der Waals surface area contributed by atoms with Crippen molar-refractivity contribution in [2.45, 2.75) is 26.4 Å². The van der Waals surface area contributed by atoms with Crippen LogP contribution in [-0.2, 0) is 15.1 Å². The van der Waals surface area contributed by atoms with Gasteiger partial charge in [0.2, 0.25) is 0 Å². The van der Waals surface area contributed by atoms with E-state index in [4.69, 9.17) is 9.47 Å². The Morgan fingerprint density at radius 1 is 0.939 bits per heavy atom. The molecule has 5 rings (SSSR count). The highest BCUT2D eigenvalue weighted by atomic mass is 16.6. The van der Waals surface area contributed by atoms with Crippen molar-refractivity contribution in [3.8, 4) is 11.5 Å². The van der Waals surface area contributed by atoms with E-state index in [1.54, 1.807) is 6.07 Å². The van der Waals surface area contributed by atoms with Crippen LogP contribution in [0.3, 0.4) is 0 Å². The molecule has 1 atom stereocenters. The van der Waals surface area contributed by atoms with E-state index in [-0.39, 0.29) is 18.3 Å². The molecule has 1 unspecified atom stereocenters. The van der Waals surface area contributed by atoms with E-state index in [1.165, 1.54) is 6.92 Å². The Morgan fingerprint density at radius 3 is 2.48 bits per heavy atom. The zero-order valence-electron chi connectivity index (χ0n) is 19.0. The Hall–Kier alpha value is -3.80. The molecule has 2 aliphatic rings. The first-order chi connectivity index (χ1) is 16.0. The van der Waals surface area contributed by atoms with Crippen LogP contribution in [0.4, 0.5) is 11.4 Å². The first kappa shape index (κ1) is 21.1. The van der Waals surface area contributed by atoms with E-state index in [2.05, 4.69) is 30.1 Å². The summed E-state index contributed by atoms with van der Waals surface area (Å²) in [6, 6.07) is 19.2. The van der Waals surface area contributed by atoms with Gasteiger partial charge in [-0.05, 0) is 57.2 Å². The lowest BCUT2D eigenvalue weighted by atomic mass is 9.77. The molecule has 2 aliphatic heterocycles. The third-order valence-corrected chi connectivity index (χ3v) is 6.37. The van der Waals surface area contributed by atoms with Gasteiger partial charge in [-0.1, -0.05) is 18.2 Å². The number of nitrogens with one attached hydrogen (secondary N) is 1. The Labute approximate surface area is 193 Å². The van der Waals surface area contributed by atoms with Crippen LogP contribution in [0.2, 0.25) is 0 Å². The predicted octanol–water partition coefficient (Wildman–Crippen LogP) is 5.10. The number of ether oxygens (including phenoxy) is 2. The van der Waals surface area contributed by atoms with E-state index in [9.17, 15) is 9.59 Å². The topological polar surface area (TPSA) is 67.9 Å². The second-order valence-corrected chi connectivity index (χ2v) is 8.34. The van der Waals surface area contributed by atoms with Gasteiger partial charge in [0.15, 0.2) is 5.60 Å². The summed E-state index contributed by atoms with van der Waals surface area (Å²) >= 11 is 0. The highest BCUT2D eigenvalue weighted by molar-refractivity contribution is 5.97. The van der Waals surface area contributed by atoms with E-state index in [0.29, 0.717) is 17.1 Å². The molecule has 0 amide bonds. The minimum absolute atomic E-state index is 0.0330. The number of rotatable bonds is 6. The van der Waals surface area contributed by atoms with Crippen LogP contribution in [0.5, 0.6) is 11.5 Å². The van der Waals surface area contributed by atoms with Gasteiger partial charge in [-0.15, -0.1) is 0 Å². The number of fused-ring (bicyclic) bond motifs is 6. The first-order valence-electron chi connectivity index (χ1n) is 11.3. The lowest BCUT2D eigenvalue weighted by molar-refractivity contribution is -0.115. The Morgan fingerprint density at radius 2 is 1.73 bits per heavy atom. The van der Waals surface area contributed by atoms with Gasteiger partial charge >= 0.3 is 5.97 Å². The molecule has 0 fully saturated rings. The van der Waals surface area contributed by atoms with Crippen LogP contribution < -0.4 is 15.0 Å². The third-order valence-electron chi connectivity index (χ3n) is 6.37. The fraction of sp³-hybridized carbons (Fsp3) is 0.259. The standard InChI is InChI=1S/C27H26N2O4/c1-4-29(5-2)19-11-12-22-25(15-19)32-24-13-10-18(28-16-17(3)30)14-23(24)27(22)21-9-7-6-8-20(21)26(31)33-27/h6-15,28H,4-5,16H2,1-3H3. The SMILES string of the molecule is CCN(CC)c1ccc2c(c1)Oc1ccc(NCC(C)=O)cc1C21OC(=O)c2ccccc21. The van der Waals surface area contributed by atoms with Crippen molar-refractivity contribution in [3.63, 3.8) is 0 Å². The molecule has 0 saturated carbocycles. The summed E-state index contributed by atoms with van der Waals surface area (Å²) in [6.45, 7) is 7.73. The molecule has 168 valence electrons. The molecule has 0 radical (unpaired) electrons. The summed E-state index contributed by atoms with van der Waals surface area (Å²) < 4.78 is 12.6. The summed E-state index contributed by atoms with van der Waals surface area (Å²) in [5.41, 5.74) is 3.55. The molecule has 1 N–H and O–H groups in total. The summed E-state index contributed by atoms with van der Waals surface area (Å²) in [4.78, 5) is 26.7. The molecule has 2 heterocycles. The number of hydrogen-bond acceptors (Lipinski definition) is 6. The second kappa shape index (κ2) is 7.96. The molecular weight excluding hydrogens is 416 g/mol. The zero-order valence-corrected chi connectivity index (χ0v) is 19.0. The van der Waals surface area contributed by atoms with Crippen LogP contribution in [0.25, 0.3) is 0 Å². The molecule has 3 aromatic rings. The first-order valence-corrected chi connectivity index (χ1v) is 11.3. The summed E-state index contributed by atoms with van der Waals surface area (Å²) in [5, 5.41) is 3.15. The van der Waals surface area contributed by atoms with Gasteiger partial charge in [-0.3, -0.25) is 4.79 Å². The minimum Gasteiger partial charge on any atom is -0.456 e. The molecular formula is C27H26N2O4. The van der Waals surface area contributed by atoms with Crippen molar-refractivity contribution in [3.05, 3.63) is 82.9 Å². The molecule has 1 spiro atoms. The van der Waals surface area contributed by atoms with Gasteiger partial charge in [0, 0.05) is 47.2 Å². The van der Waals surface area contributed by atoms with Gasteiger partial charge in [-0.2, -0.15) is 0 Å². The normalized spacial score (nSPS) is 17.5. The molecule has 0 aliphatic carbocycles. The Kier molecular flexibility index (Phi) is 5.08. The van der Waals surface area contributed by atoms with Crippen LogP contribution in [0, 0.1) is 0 Å². The summed E-state index contributed by atoms with van der Waals surface area (Å²) in [6.07, 6.45) is 0. The van der Waals surface area contributed by atoms with Crippen molar-refractivity contribution >= 4 is 23.1 Å². The van der Waals surface area contributed by atoms with Gasteiger partial charge in [0.05, 0.1) is 12.1 Å². The highest BCUT2D eigenvalue weighted by Gasteiger charge is 2.53. The number of carbonyl (C=O) groups is 2. The van der Waals surface area contributed by atoms with Gasteiger partial charge in [0.25, 0.3) is 0 Å². The average molecular weight is 443 g/mol. The van der Waals surface area contributed by atoms with Crippen molar-refractivity contribution in [1.82, 2.24) is 0 Å². The van der Waals surface area contributed by atoms with Crippen LogP contribution in [0.15, 0.2) is 60.7 Å². The third kappa shape index (κ3) is 3.25. The van der Waals surface area contributed by atoms with Crippen molar-refractivity contribution < 1.29 is 19.1 Å². The van der Waals surface area contributed by atoms with Crippen LogP contribution in [0.1, 0.15) is 47.8 Å². The van der Waals surface area contributed by atoms with Crippen LogP contribution in [-0.4, -0.2) is 31.4 Å². The molecule has 0 saturated heterocycles. The maximum atomic E-state index is 13.0. The molecule has 33 heavy (non-hydrogen) atoms. The smallest absolute Gasteiger partial charge is 0.340 e. The Bertz CT molecular complexity index is 1260. The van der Waals surface area contributed by atoms with Crippen LogP contribution >= 0.6 is 0 Å². The number of Topliss-reactive ketones (excluding diaryl/α,β-unsaturated/α-hetero) is 1. The predicted molar refractivity (Wildman–Crippen MR) is 127 cm³/mol. The monoisotopic (exact) mass is 442 g/mol. The zero-order chi connectivity index (χ0) is 23.2. The van der Waals surface area contributed by atoms with Crippen molar-refractivity contribution in [2.24, 2.45) is 0 Å². The quantitative estimate of drug-likeness (QED) is 0.536. The van der Waals surface area contributed by atoms with Gasteiger partial charge < -0.3 is 19.7 Å². The van der Waals surface area contributed by atoms with Gasteiger partial charge in [0.1, 0.15) is 17.3 Å². The lowest BCUT2D eigenvalue weighted by Crippen LogP contribution is -2.33. The van der Waals surface area contributed by atoms with E-state index < -0.39 is 5.60 Å². The van der Waals surface area contributed by atoms with E-state index >= 15 is 0 Å². The fourth-order valence-electron chi connectivity index (χ4n) is 4.78. The van der Waals surface area contributed by atoms with E-state index in [1.807, 2.05) is 48.5 Å². The number of anilines is 2. The molecule has 0 bridgehead atoms. The number of carbonyl (C=O) groups excluding carboxylic acids is 2. The largest absolute Gasteiger partial charge is 0.456 e.